The molecule has 2 heterocycles. The molecule has 0 radical (unpaired) electrons. The minimum atomic E-state index is -4.09. The van der Waals surface area contributed by atoms with Crippen LogP contribution >= 0.6 is 23.2 Å². The van der Waals surface area contributed by atoms with Crippen LogP contribution in [0, 0.1) is 11.3 Å². The van der Waals surface area contributed by atoms with E-state index < -0.39 is 22.1 Å². The van der Waals surface area contributed by atoms with Gasteiger partial charge in [-0.15, -0.1) is 0 Å². The van der Waals surface area contributed by atoms with Crippen LogP contribution in [0.4, 0.5) is 4.79 Å². The van der Waals surface area contributed by atoms with Crippen molar-refractivity contribution in [2.24, 2.45) is 4.99 Å². The molecule has 2 aliphatic heterocycles. The Morgan fingerprint density at radius 2 is 1.58 bits per heavy atom. The van der Waals surface area contributed by atoms with Gasteiger partial charge >= 0.3 is 6.03 Å². The number of hydrogen-bond acceptors (Lipinski definition) is 9. The zero-order valence-electron chi connectivity index (χ0n) is 29.4. The van der Waals surface area contributed by atoms with Crippen LogP contribution < -0.4 is 4.74 Å². The lowest BCUT2D eigenvalue weighted by molar-refractivity contribution is -0.131. The molecule has 3 aromatic rings. The van der Waals surface area contributed by atoms with Crippen LogP contribution in [0.3, 0.4) is 0 Å². The van der Waals surface area contributed by atoms with E-state index in [4.69, 9.17) is 43.0 Å². The number of aliphatic imine (C=N–C) groups is 1. The second kappa shape index (κ2) is 17.1. The maximum atomic E-state index is 14.9. The summed E-state index contributed by atoms with van der Waals surface area (Å²) in [6.45, 7) is 4.12. The molecule has 0 aromatic heterocycles. The predicted octanol–water partition coefficient (Wildman–Crippen LogP) is 5.23. The maximum absolute atomic E-state index is 14.9. The van der Waals surface area contributed by atoms with Gasteiger partial charge in [0.1, 0.15) is 17.6 Å². The molecule has 1 saturated heterocycles. The number of likely N-dealkylation sites (N-methyl/N-ethyl adjacent to an activating group) is 1. The number of carbonyl (C=O) groups is 2. The van der Waals surface area contributed by atoms with Gasteiger partial charge in [0.25, 0.3) is 10.0 Å². The van der Waals surface area contributed by atoms with Gasteiger partial charge in [-0.05, 0) is 60.5 Å². The molecule has 2 atom stereocenters. The Morgan fingerprint density at radius 1 is 0.962 bits per heavy atom. The lowest BCUT2D eigenvalue weighted by Crippen LogP contribution is -2.55. The van der Waals surface area contributed by atoms with Crippen LogP contribution in [0.2, 0.25) is 10.0 Å². The lowest BCUT2D eigenvalue weighted by atomic mass is 9.93. The number of amidine groups is 1. The fourth-order valence-electron chi connectivity index (χ4n) is 6.13. The number of hydroxylamine groups is 1. The van der Waals surface area contributed by atoms with Crippen molar-refractivity contribution in [1.82, 2.24) is 24.1 Å². The lowest BCUT2D eigenvalue weighted by Gasteiger charge is -2.39. The van der Waals surface area contributed by atoms with Gasteiger partial charge in [-0.3, -0.25) is 24.4 Å². The molecular weight excluding hydrogens is 729 g/mol. The summed E-state index contributed by atoms with van der Waals surface area (Å²) >= 11 is 12.6. The number of nitriles is 1. The van der Waals surface area contributed by atoms with Crippen molar-refractivity contribution in [2.45, 2.75) is 30.3 Å². The minimum absolute atomic E-state index is 0.0820. The first kappa shape index (κ1) is 39.0. The number of halogens is 2. The highest BCUT2D eigenvalue weighted by Gasteiger charge is 2.45. The second-order valence-electron chi connectivity index (χ2n) is 12.3. The highest BCUT2D eigenvalue weighted by Crippen LogP contribution is 2.46. The molecule has 0 aliphatic carbocycles. The molecule has 5 rings (SSSR count). The molecule has 1 fully saturated rings. The predicted molar refractivity (Wildman–Crippen MR) is 198 cm³/mol. The normalized spacial score (nSPS) is 17.9. The first-order chi connectivity index (χ1) is 24.9. The Hall–Kier alpha value is -4.23. The number of ether oxygens (including phenoxy) is 1. The van der Waals surface area contributed by atoms with E-state index in [1.807, 2.05) is 36.1 Å². The Labute approximate surface area is 314 Å². The number of benzene rings is 3. The van der Waals surface area contributed by atoms with E-state index in [1.54, 1.807) is 47.2 Å². The van der Waals surface area contributed by atoms with Crippen molar-refractivity contribution in [3.63, 3.8) is 0 Å². The first-order valence-electron chi connectivity index (χ1n) is 16.7. The highest BCUT2D eigenvalue weighted by molar-refractivity contribution is 7.89. The van der Waals surface area contributed by atoms with Gasteiger partial charge in [0.15, 0.2) is 0 Å². The Balaban J connectivity index is 1.59. The number of nitrogens with zero attached hydrogens (tertiary/aromatic N) is 7. The second-order valence-corrected chi connectivity index (χ2v) is 15.1. The van der Waals surface area contributed by atoms with Gasteiger partial charge in [0, 0.05) is 56.9 Å². The first-order valence-corrected chi connectivity index (χ1v) is 18.9. The van der Waals surface area contributed by atoms with Gasteiger partial charge < -0.3 is 14.5 Å². The molecule has 16 heteroatoms. The topological polar surface area (TPSA) is 139 Å². The van der Waals surface area contributed by atoms with Crippen LogP contribution in [0.1, 0.15) is 42.1 Å². The van der Waals surface area contributed by atoms with Crippen molar-refractivity contribution < 1.29 is 27.6 Å². The smallest absolute Gasteiger partial charge is 0.326 e. The summed E-state index contributed by atoms with van der Waals surface area (Å²) in [5.41, 5.74) is 1.84. The summed E-state index contributed by atoms with van der Waals surface area (Å²) in [7, 11) is 0.123. The van der Waals surface area contributed by atoms with Gasteiger partial charge in [-0.1, -0.05) is 51.9 Å². The molecular formula is C36H41Cl2N7O6S. The Kier molecular flexibility index (Phi) is 12.8. The quantitative estimate of drug-likeness (QED) is 0.229. The van der Waals surface area contributed by atoms with Crippen molar-refractivity contribution in [2.75, 3.05) is 67.1 Å². The van der Waals surface area contributed by atoms with E-state index in [-0.39, 0.29) is 42.2 Å². The number of carbonyl (C=O) groups excluding carboxylic acids is 2. The molecule has 13 nitrogen and oxygen atoms in total. The molecule has 0 N–H and O–H groups in total. The van der Waals surface area contributed by atoms with Gasteiger partial charge in [-0.25, -0.2) is 13.2 Å². The Bertz CT molecular complexity index is 1930. The van der Waals surface area contributed by atoms with E-state index in [2.05, 4.69) is 6.07 Å². The molecule has 3 amide bonds. The minimum Gasteiger partial charge on any atom is -0.493 e. The molecule has 276 valence electrons. The van der Waals surface area contributed by atoms with Crippen LogP contribution in [0.15, 0.2) is 76.6 Å². The maximum Gasteiger partial charge on any atom is 0.326 e. The van der Waals surface area contributed by atoms with Crippen molar-refractivity contribution in [3.8, 4) is 11.8 Å². The third-order valence-corrected chi connectivity index (χ3v) is 11.2. The van der Waals surface area contributed by atoms with Crippen molar-refractivity contribution in [3.05, 3.63) is 93.5 Å². The van der Waals surface area contributed by atoms with Crippen LogP contribution in [0.5, 0.6) is 5.75 Å². The van der Waals surface area contributed by atoms with Gasteiger partial charge in [0.05, 0.1) is 49.3 Å². The number of urea groups is 1. The van der Waals surface area contributed by atoms with Crippen molar-refractivity contribution >= 4 is 51.0 Å². The van der Waals surface area contributed by atoms with E-state index in [0.717, 1.165) is 15.6 Å². The van der Waals surface area contributed by atoms with Gasteiger partial charge in [-0.2, -0.15) is 5.26 Å². The largest absolute Gasteiger partial charge is 0.493 e. The monoisotopic (exact) mass is 769 g/mol. The van der Waals surface area contributed by atoms with E-state index in [9.17, 15) is 18.0 Å². The van der Waals surface area contributed by atoms with E-state index >= 15 is 0 Å². The summed E-state index contributed by atoms with van der Waals surface area (Å²) in [6.07, 6.45) is 0.249. The molecule has 2 aliphatic rings. The average Bonchev–Trinajstić information content (AvgIpc) is 3.54. The Morgan fingerprint density at radius 3 is 2.15 bits per heavy atom. The third-order valence-electron chi connectivity index (χ3n) is 9.07. The van der Waals surface area contributed by atoms with Crippen molar-refractivity contribution in [1.29, 1.82) is 5.26 Å². The van der Waals surface area contributed by atoms with Crippen LogP contribution in [0.25, 0.3) is 0 Å². The SMILES string of the molecule is CCOc1ccc(S(=O)(=O)N(C)OC)cc1C1=N[C@@H](c2ccc(Cl)cc2)[C@@H](c2ccc(Cl)cc2)N1C(=O)N1CCN(CC(=O)N(C)CCC#N)CC1. The zero-order chi connectivity index (χ0) is 37.6. The number of amides is 3. The summed E-state index contributed by atoms with van der Waals surface area (Å²) in [5, 5.41) is 9.96. The summed E-state index contributed by atoms with van der Waals surface area (Å²) in [6, 6.07) is 19.2. The molecule has 0 spiro atoms. The van der Waals surface area contributed by atoms with E-state index in [1.165, 1.54) is 31.2 Å². The summed E-state index contributed by atoms with van der Waals surface area (Å²) in [5.74, 6) is 0.464. The number of piperazine rings is 1. The fraction of sp³-hybridized carbons (Fsp3) is 0.389. The third kappa shape index (κ3) is 8.52. The van der Waals surface area contributed by atoms with Crippen LogP contribution in [-0.4, -0.2) is 117 Å². The fourth-order valence-corrected chi connectivity index (χ4v) is 7.38. The van der Waals surface area contributed by atoms with Crippen LogP contribution in [-0.2, 0) is 19.7 Å². The molecule has 0 saturated carbocycles. The standard InChI is InChI=1S/C36H41Cl2N7O6S/c1-5-51-31-16-15-29(52(48,49)42(3)50-4)23-30(31)35-40-33(25-7-11-27(37)12-8-25)34(26-9-13-28(38)14-10-26)45(35)36(47)44-21-19-43(20-22-44)24-32(46)41(2)18-6-17-39/h7-16,23,33-34H,5-6,18-22,24H2,1-4H3/t33-,34+/m0/s1. The highest BCUT2D eigenvalue weighted by atomic mass is 35.5. The number of hydrogen-bond donors (Lipinski definition) is 0. The molecule has 3 aromatic carbocycles. The summed E-state index contributed by atoms with van der Waals surface area (Å²) in [4.78, 5) is 44.7. The number of rotatable bonds is 12. The molecule has 52 heavy (non-hydrogen) atoms. The average molecular weight is 771 g/mol. The van der Waals surface area contributed by atoms with Gasteiger partial charge in [0.2, 0.25) is 5.91 Å². The van der Waals surface area contributed by atoms with E-state index in [0.29, 0.717) is 54.1 Å². The molecule has 0 unspecified atom stereocenters. The zero-order valence-corrected chi connectivity index (χ0v) is 31.7. The molecule has 0 bridgehead atoms. The summed E-state index contributed by atoms with van der Waals surface area (Å²) < 4.78 is 33.7. The number of sulfonamides is 1.